The smallest absolute Gasteiger partial charge is 0.0147 e. The van der Waals surface area contributed by atoms with E-state index >= 15 is 0 Å². The molecule has 148 valence electrons. The Hall–Kier alpha value is -1.56. The van der Waals surface area contributed by atoms with Crippen molar-refractivity contribution < 1.29 is 0 Å². The van der Waals surface area contributed by atoms with Crippen molar-refractivity contribution in [3.05, 3.63) is 68.8 Å². The number of benzene rings is 2. The highest BCUT2D eigenvalue weighted by atomic mass is 14.2. The third kappa shape index (κ3) is 4.48. The van der Waals surface area contributed by atoms with Crippen LogP contribution in [0.25, 0.3) is 0 Å². The first-order valence-electron chi connectivity index (χ1n) is 11.3. The van der Waals surface area contributed by atoms with Crippen LogP contribution >= 0.6 is 0 Å². The number of rotatable bonds is 9. The van der Waals surface area contributed by atoms with E-state index in [9.17, 15) is 0 Å². The van der Waals surface area contributed by atoms with E-state index in [1.165, 1.54) is 0 Å². The summed E-state index contributed by atoms with van der Waals surface area (Å²) >= 11 is 0. The van der Waals surface area contributed by atoms with Gasteiger partial charge in [-0.3, -0.25) is 0 Å². The van der Waals surface area contributed by atoms with Crippen LogP contribution in [0.5, 0.6) is 0 Å². The molecule has 1 unspecified atom stereocenters. The van der Waals surface area contributed by atoms with Gasteiger partial charge in [-0.25, -0.2) is 0 Å². The average Bonchev–Trinajstić information content (AvgIpc) is 2.71. The molecule has 0 N–H and O–H groups in total. The van der Waals surface area contributed by atoms with Gasteiger partial charge in [-0.1, -0.05) is 72.7 Å². The lowest BCUT2D eigenvalue weighted by molar-refractivity contribution is 0.732. The molecule has 0 radical (unpaired) electrons. The Labute approximate surface area is 168 Å². The monoisotopic (exact) mass is 364 g/mol. The minimum atomic E-state index is 0.568. The summed E-state index contributed by atoms with van der Waals surface area (Å²) in [7, 11) is 0. The van der Waals surface area contributed by atoms with Crippen molar-refractivity contribution in [1.82, 2.24) is 0 Å². The Morgan fingerprint density at radius 3 is 1.41 bits per heavy atom. The number of hydrogen-bond donors (Lipinski definition) is 0. The van der Waals surface area contributed by atoms with Crippen LogP contribution in [0.15, 0.2) is 24.3 Å². The van der Waals surface area contributed by atoms with Gasteiger partial charge in [-0.15, -0.1) is 0 Å². The molecule has 0 aliphatic heterocycles. The highest BCUT2D eigenvalue weighted by Gasteiger charge is 2.18. The lowest BCUT2D eigenvalue weighted by atomic mass is 9.82. The van der Waals surface area contributed by atoms with Crippen LogP contribution in [-0.2, 0) is 44.9 Å². The molecule has 27 heavy (non-hydrogen) atoms. The highest BCUT2D eigenvalue weighted by molar-refractivity contribution is 5.46. The summed E-state index contributed by atoms with van der Waals surface area (Å²) < 4.78 is 0. The molecule has 0 aliphatic carbocycles. The molecular weight excluding hydrogens is 324 g/mol. The standard InChI is InChI=1S/C27H40/c1-8-20-14-15-22(25(12-5)23(20)10-3)18-19(7)27-17-16-21(9-2)24(11-4)26(27)13-6/h14-17,19H,8-13,18H2,1-7H3. The molecule has 0 saturated carbocycles. The van der Waals surface area contributed by atoms with Gasteiger partial charge < -0.3 is 0 Å². The first kappa shape index (κ1) is 21.7. The van der Waals surface area contributed by atoms with E-state index in [1.54, 1.807) is 44.5 Å². The van der Waals surface area contributed by atoms with Gasteiger partial charge in [0.2, 0.25) is 0 Å². The van der Waals surface area contributed by atoms with Crippen LogP contribution < -0.4 is 0 Å². The van der Waals surface area contributed by atoms with E-state index in [4.69, 9.17) is 0 Å². The molecule has 0 amide bonds. The summed E-state index contributed by atoms with van der Waals surface area (Å²) in [5.74, 6) is 0.568. The maximum absolute atomic E-state index is 2.43. The molecule has 1 atom stereocenters. The predicted octanol–water partition coefficient (Wildman–Crippen LogP) is 7.41. The quantitative estimate of drug-likeness (QED) is 0.434. The number of hydrogen-bond acceptors (Lipinski definition) is 0. The van der Waals surface area contributed by atoms with E-state index in [0.29, 0.717) is 5.92 Å². The second-order valence-electron chi connectivity index (χ2n) is 7.84. The van der Waals surface area contributed by atoms with E-state index in [0.717, 1.165) is 44.9 Å². The predicted molar refractivity (Wildman–Crippen MR) is 121 cm³/mol. The average molecular weight is 365 g/mol. The summed E-state index contributed by atoms with van der Waals surface area (Å²) in [4.78, 5) is 0. The van der Waals surface area contributed by atoms with Crippen LogP contribution in [0.2, 0.25) is 0 Å². The minimum absolute atomic E-state index is 0.568. The third-order valence-electron chi connectivity index (χ3n) is 6.42. The third-order valence-corrected chi connectivity index (χ3v) is 6.42. The maximum atomic E-state index is 2.43. The summed E-state index contributed by atoms with van der Waals surface area (Å²) in [6, 6.07) is 9.62. The SMILES string of the molecule is CCc1ccc(CC(C)c2ccc(CC)c(CC)c2CC)c(CC)c1CC. The molecule has 0 fully saturated rings. The molecule has 0 spiro atoms. The van der Waals surface area contributed by atoms with Crippen molar-refractivity contribution in [2.24, 2.45) is 0 Å². The molecule has 0 heterocycles. The van der Waals surface area contributed by atoms with Crippen molar-refractivity contribution in [3.63, 3.8) is 0 Å². The van der Waals surface area contributed by atoms with Crippen LogP contribution in [0.4, 0.5) is 0 Å². The first-order valence-corrected chi connectivity index (χ1v) is 11.3. The van der Waals surface area contributed by atoms with Gasteiger partial charge >= 0.3 is 0 Å². The topological polar surface area (TPSA) is 0 Å². The summed E-state index contributed by atoms with van der Waals surface area (Å²) in [5.41, 5.74) is 12.7. The molecule has 2 aromatic carbocycles. The molecule has 0 aromatic heterocycles. The van der Waals surface area contributed by atoms with Gasteiger partial charge in [-0.05, 0) is 95.4 Å². The molecule has 2 rings (SSSR count). The van der Waals surface area contributed by atoms with Gasteiger partial charge in [0.05, 0.1) is 0 Å². The normalized spacial score (nSPS) is 12.4. The summed E-state index contributed by atoms with van der Waals surface area (Å²) in [6.45, 7) is 16.3. The maximum Gasteiger partial charge on any atom is -0.0147 e. The summed E-state index contributed by atoms with van der Waals surface area (Å²) in [6.07, 6.45) is 8.04. The fraction of sp³-hybridized carbons (Fsp3) is 0.556. The zero-order valence-corrected chi connectivity index (χ0v) is 18.8. The van der Waals surface area contributed by atoms with E-state index in [-0.39, 0.29) is 0 Å². The minimum Gasteiger partial charge on any atom is -0.0613 e. The molecule has 0 aliphatic rings. The fourth-order valence-corrected chi connectivity index (χ4v) is 5.04. The Kier molecular flexibility index (Phi) is 8.14. The Bertz CT molecular complexity index is 751. The van der Waals surface area contributed by atoms with E-state index in [1.807, 2.05) is 0 Å². The Morgan fingerprint density at radius 2 is 0.926 bits per heavy atom. The molecule has 0 heteroatoms. The largest absolute Gasteiger partial charge is 0.0613 e. The van der Waals surface area contributed by atoms with Crippen LogP contribution in [0.3, 0.4) is 0 Å². The first-order chi connectivity index (χ1) is 13.1. The van der Waals surface area contributed by atoms with Crippen molar-refractivity contribution in [2.45, 2.75) is 99.3 Å². The van der Waals surface area contributed by atoms with Gasteiger partial charge in [0, 0.05) is 0 Å². The van der Waals surface area contributed by atoms with Gasteiger partial charge in [0.15, 0.2) is 0 Å². The van der Waals surface area contributed by atoms with E-state index < -0.39 is 0 Å². The second kappa shape index (κ2) is 10.1. The van der Waals surface area contributed by atoms with Crippen molar-refractivity contribution in [2.75, 3.05) is 0 Å². The van der Waals surface area contributed by atoms with Crippen LogP contribution in [-0.4, -0.2) is 0 Å². The number of aryl methyl sites for hydroxylation is 2. The molecule has 0 saturated heterocycles. The van der Waals surface area contributed by atoms with Crippen LogP contribution in [0, 0.1) is 0 Å². The lowest BCUT2D eigenvalue weighted by Crippen LogP contribution is -2.10. The molecule has 2 aromatic rings. The van der Waals surface area contributed by atoms with Gasteiger partial charge in [0.25, 0.3) is 0 Å². The van der Waals surface area contributed by atoms with Crippen LogP contribution in [0.1, 0.15) is 98.9 Å². The van der Waals surface area contributed by atoms with Crippen molar-refractivity contribution >= 4 is 0 Å². The van der Waals surface area contributed by atoms with Crippen molar-refractivity contribution in [1.29, 1.82) is 0 Å². The van der Waals surface area contributed by atoms with E-state index in [2.05, 4.69) is 72.7 Å². The second-order valence-corrected chi connectivity index (χ2v) is 7.84. The Morgan fingerprint density at radius 1 is 0.519 bits per heavy atom. The zero-order chi connectivity index (χ0) is 20.0. The fourth-order valence-electron chi connectivity index (χ4n) is 5.04. The Balaban J connectivity index is 2.45. The zero-order valence-electron chi connectivity index (χ0n) is 18.8. The molecular formula is C27H40. The molecule has 0 nitrogen and oxygen atoms in total. The highest BCUT2D eigenvalue weighted by Crippen LogP contribution is 2.32. The van der Waals surface area contributed by atoms with Gasteiger partial charge in [-0.2, -0.15) is 0 Å². The summed E-state index contributed by atoms with van der Waals surface area (Å²) in [5, 5.41) is 0. The van der Waals surface area contributed by atoms with Crippen molar-refractivity contribution in [3.8, 4) is 0 Å². The lowest BCUT2D eigenvalue weighted by Gasteiger charge is -2.23. The molecule has 0 bridgehead atoms. The van der Waals surface area contributed by atoms with Gasteiger partial charge in [0.1, 0.15) is 0 Å².